The van der Waals surface area contributed by atoms with E-state index in [1.54, 1.807) is 7.11 Å². The molecule has 0 amide bonds. The van der Waals surface area contributed by atoms with Crippen molar-refractivity contribution < 1.29 is 23.3 Å². The van der Waals surface area contributed by atoms with Gasteiger partial charge in [0.1, 0.15) is 0 Å². The summed E-state index contributed by atoms with van der Waals surface area (Å²) in [5, 5.41) is 0. The van der Waals surface area contributed by atoms with Gasteiger partial charge in [0.2, 0.25) is 0 Å². The molecule has 0 N–H and O–H groups in total. The molecule has 1 aromatic carbocycles. The predicted octanol–water partition coefficient (Wildman–Crippen LogP) is 1.38. The first-order valence-electron chi connectivity index (χ1n) is 6.27. The van der Waals surface area contributed by atoms with Crippen LogP contribution in [-0.2, 0) is 18.9 Å². The summed E-state index contributed by atoms with van der Waals surface area (Å²) in [4.78, 5) is -0.211. The fourth-order valence-corrected chi connectivity index (χ4v) is 3.70. The van der Waals surface area contributed by atoms with Gasteiger partial charge in [-0.1, -0.05) is 0 Å². The maximum atomic E-state index is 14.2. The molecule has 0 unspecified atom stereocenters. The van der Waals surface area contributed by atoms with Gasteiger partial charge in [-0.2, -0.15) is 0 Å². The third-order valence-electron chi connectivity index (χ3n) is 2.40. The summed E-state index contributed by atoms with van der Waals surface area (Å²) in [6.45, 7) is 0.612. The zero-order chi connectivity index (χ0) is 14.6. The molecule has 0 bridgehead atoms. The van der Waals surface area contributed by atoms with Gasteiger partial charge in [-0.15, -0.1) is 0 Å². The molecule has 0 aliphatic rings. The maximum absolute atomic E-state index is 14.2. The van der Waals surface area contributed by atoms with E-state index < -0.39 is 6.17 Å². The number of alkyl halides is 1. The van der Waals surface area contributed by atoms with Crippen molar-refractivity contribution in [3.05, 3.63) is 30.3 Å². The van der Waals surface area contributed by atoms with Gasteiger partial charge in [-0.05, 0) is 0 Å². The molecule has 0 radical (unpaired) electrons. The van der Waals surface area contributed by atoms with Crippen LogP contribution in [0.25, 0.3) is 0 Å². The predicted molar refractivity (Wildman–Crippen MR) is 76.1 cm³/mol. The molecular formula is C14H21FO4Se. The van der Waals surface area contributed by atoms with Gasteiger partial charge in [0.05, 0.1) is 0 Å². The number of methoxy groups -OCH3 is 2. The minimum absolute atomic E-state index is 0.0173. The molecule has 0 aliphatic carbocycles. The van der Waals surface area contributed by atoms with Gasteiger partial charge < -0.3 is 0 Å². The van der Waals surface area contributed by atoms with Crippen LogP contribution in [0.15, 0.2) is 30.3 Å². The van der Waals surface area contributed by atoms with Crippen molar-refractivity contribution in [1.82, 2.24) is 0 Å². The first-order valence-corrected chi connectivity index (χ1v) is 8.11. The molecule has 1 rings (SSSR count). The van der Waals surface area contributed by atoms with Crippen LogP contribution in [0, 0.1) is 0 Å². The van der Waals surface area contributed by atoms with Gasteiger partial charge in [-0.25, -0.2) is 0 Å². The SMILES string of the molecule is COCOC[C@@H](F)[C@@H](COCOC)[Se]c1ccccc1. The van der Waals surface area contributed by atoms with E-state index in [0.717, 1.165) is 4.46 Å². The van der Waals surface area contributed by atoms with E-state index in [4.69, 9.17) is 18.9 Å². The number of rotatable bonds is 11. The quantitative estimate of drug-likeness (QED) is 0.343. The molecule has 0 heterocycles. The van der Waals surface area contributed by atoms with Crippen LogP contribution in [0.4, 0.5) is 4.39 Å². The summed E-state index contributed by atoms with van der Waals surface area (Å²) >= 11 is -0.0230. The number of halogens is 1. The van der Waals surface area contributed by atoms with Crippen LogP contribution in [0.5, 0.6) is 0 Å². The van der Waals surface area contributed by atoms with Crippen LogP contribution in [0.1, 0.15) is 0 Å². The van der Waals surface area contributed by atoms with E-state index in [1.807, 2.05) is 30.3 Å². The van der Waals surface area contributed by atoms with Crippen molar-refractivity contribution in [3.63, 3.8) is 0 Å². The van der Waals surface area contributed by atoms with Gasteiger partial charge in [0, 0.05) is 0 Å². The minimum atomic E-state index is -1.08. The Balaban J connectivity index is 2.49. The number of benzene rings is 1. The third-order valence-corrected chi connectivity index (χ3v) is 5.08. The average molecular weight is 351 g/mol. The zero-order valence-electron chi connectivity index (χ0n) is 11.8. The molecule has 114 valence electrons. The first-order chi connectivity index (χ1) is 9.77. The topological polar surface area (TPSA) is 36.9 Å². The first kappa shape index (κ1) is 17.6. The van der Waals surface area contributed by atoms with E-state index >= 15 is 0 Å². The monoisotopic (exact) mass is 352 g/mol. The summed E-state index contributed by atoms with van der Waals surface area (Å²) in [7, 11) is 3.06. The fourth-order valence-electron chi connectivity index (χ4n) is 1.49. The Morgan fingerprint density at radius 1 is 1.00 bits per heavy atom. The normalized spacial score (nSPS) is 14.2. The molecule has 0 saturated heterocycles. The van der Waals surface area contributed by atoms with Gasteiger partial charge in [0.15, 0.2) is 0 Å². The number of ether oxygens (including phenoxy) is 4. The Hall–Kier alpha value is -0.491. The summed E-state index contributed by atoms with van der Waals surface area (Å²) < 4.78 is 35.3. The Kier molecular flexibility index (Phi) is 9.83. The van der Waals surface area contributed by atoms with Crippen molar-refractivity contribution in [2.24, 2.45) is 0 Å². The van der Waals surface area contributed by atoms with Crippen LogP contribution in [0.3, 0.4) is 0 Å². The van der Waals surface area contributed by atoms with Gasteiger partial charge >= 0.3 is 125 Å². The van der Waals surface area contributed by atoms with Crippen molar-refractivity contribution in [2.75, 3.05) is 41.0 Å². The van der Waals surface area contributed by atoms with Crippen molar-refractivity contribution in [1.29, 1.82) is 0 Å². The standard InChI is InChI=1S/C14H21FO4Se/c1-16-10-18-8-13(15)14(9-19-11-17-2)20-12-6-4-3-5-7-12/h3-7,13-14H,8-11H2,1-2H3/t13-,14-/m1/s1. The molecule has 0 saturated carbocycles. The molecule has 1 aromatic rings. The van der Waals surface area contributed by atoms with Crippen LogP contribution >= 0.6 is 0 Å². The summed E-state index contributed by atoms with van der Waals surface area (Å²) in [5.41, 5.74) is 0. The number of hydrogen-bond acceptors (Lipinski definition) is 4. The second kappa shape index (κ2) is 11.2. The Morgan fingerprint density at radius 2 is 1.60 bits per heavy atom. The van der Waals surface area contributed by atoms with Gasteiger partial charge in [0.25, 0.3) is 0 Å². The Labute approximate surface area is 125 Å². The molecule has 0 fully saturated rings. The molecule has 0 spiro atoms. The van der Waals surface area contributed by atoms with E-state index in [0.29, 0.717) is 6.61 Å². The zero-order valence-corrected chi connectivity index (χ0v) is 13.5. The molecule has 0 aromatic heterocycles. The summed E-state index contributed by atoms with van der Waals surface area (Å²) in [5.74, 6) is 0. The van der Waals surface area contributed by atoms with Crippen LogP contribution in [0.2, 0.25) is 4.82 Å². The van der Waals surface area contributed by atoms with E-state index in [2.05, 4.69) is 0 Å². The van der Waals surface area contributed by atoms with Gasteiger partial charge in [-0.3, -0.25) is 0 Å². The molecular weight excluding hydrogens is 330 g/mol. The third kappa shape index (κ3) is 7.33. The molecule has 2 atom stereocenters. The Morgan fingerprint density at radius 3 is 2.20 bits per heavy atom. The molecule has 20 heavy (non-hydrogen) atoms. The van der Waals surface area contributed by atoms with Crippen LogP contribution < -0.4 is 4.46 Å². The summed E-state index contributed by atoms with van der Waals surface area (Å²) in [6, 6.07) is 9.88. The molecule has 6 heteroatoms. The van der Waals surface area contributed by atoms with Crippen LogP contribution in [-0.4, -0.2) is 62.1 Å². The van der Waals surface area contributed by atoms with Crippen molar-refractivity contribution >= 4 is 19.4 Å². The molecule has 4 nitrogen and oxygen atoms in total. The van der Waals surface area contributed by atoms with E-state index in [1.165, 1.54) is 7.11 Å². The fraction of sp³-hybridized carbons (Fsp3) is 0.571. The second-order valence-electron chi connectivity index (χ2n) is 4.04. The Bertz CT molecular complexity index is 339. The summed E-state index contributed by atoms with van der Waals surface area (Å²) in [6.07, 6.45) is -1.08. The number of hydrogen-bond donors (Lipinski definition) is 0. The van der Waals surface area contributed by atoms with E-state index in [-0.39, 0.29) is 40.0 Å². The van der Waals surface area contributed by atoms with Crippen molar-refractivity contribution in [2.45, 2.75) is 11.0 Å². The second-order valence-corrected chi connectivity index (χ2v) is 6.79. The average Bonchev–Trinajstić information content (AvgIpc) is 2.47. The van der Waals surface area contributed by atoms with Crippen molar-refractivity contribution in [3.8, 4) is 0 Å². The molecule has 0 aliphatic heterocycles. The van der Waals surface area contributed by atoms with E-state index in [9.17, 15) is 4.39 Å².